The van der Waals surface area contributed by atoms with E-state index in [4.69, 9.17) is 5.11 Å². The summed E-state index contributed by atoms with van der Waals surface area (Å²) in [6.07, 6.45) is 3.83. The predicted molar refractivity (Wildman–Crippen MR) is 71.3 cm³/mol. The average Bonchev–Trinajstić information content (AvgIpc) is 2.37. The fraction of sp³-hybridized carbons (Fsp3) is 0.0667. The van der Waals surface area contributed by atoms with E-state index in [-0.39, 0.29) is 5.69 Å². The fourth-order valence-electron chi connectivity index (χ4n) is 1.66. The maximum absolute atomic E-state index is 10.9. The van der Waals surface area contributed by atoms with Gasteiger partial charge in [-0.3, -0.25) is 0 Å². The predicted octanol–water partition coefficient (Wildman–Crippen LogP) is 3.26. The number of aryl methyl sites for hydroxylation is 1. The van der Waals surface area contributed by atoms with E-state index < -0.39 is 5.97 Å². The normalized spacial score (nSPS) is 10.7. The van der Waals surface area contributed by atoms with E-state index in [2.05, 4.69) is 4.98 Å². The van der Waals surface area contributed by atoms with Gasteiger partial charge in [-0.05, 0) is 30.2 Å². The Morgan fingerprint density at radius 2 is 1.78 bits per heavy atom. The Hall–Kier alpha value is -2.42. The maximum Gasteiger partial charge on any atom is 0.354 e. The van der Waals surface area contributed by atoms with Crippen LogP contribution in [0.4, 0.5) is 0 Å². The third-order valence-electron chi connectivity index (χ3n) is 2.46. The van der Waals surface area contributed by atoms with Crippen molar-refractivity contribution in [1.82, 2.24) is 4.98 Å². The molecule has 0 saturated carbocycles. The topological polar surface area (TPSA) is 50.2 Å². The second kappa shape index (κ2) is 5.27. The average molecular weight is 239 g/mol. The number of rotatable bonds is 3. The molecule has 1 N–H and O–H groups in total. The first-order valence-corrected chi connectivity index (χ1v) is 5.60. The van der Waals surface area contributed by atoms with Gasteiger partial charge < -0.3 is 5.11 Å². The van der Waals surface area contributed by atoms with E-state index in [0.717, 1.165) is 11.1 Å². The highest BCUT2D eigenvalue weighted by atomic mass is 16.4. The van der Waals surface area contributed by atoms with E-state index in [0.29, 0.717) is 5.69 Å². The Morgan fingerprint density at radius 3 is 2.44 bits per heavy atom. The largest absolute Gasteiger partial charge is 0.477 e. The van der Waals surface area contributed by atoms with E-state index in [1.54, 1.807) is 13.0 Å². The summed E-state index contributed by atoms with van der Waals surface area (Å²) in [6.45, 7) is 1.78. The molecule has 0 amide bonds. The zero-order chi connectivity index (χ0) is 13.0. The molecule has 2 aromatic rings. The second-order valence-corrected chi connectivity index (χ2v) is 3.98. The van der Waals surface area contributed by atoms with E-state index in [9.17, 15) is 4.79 Å². The van der Waals surface area contributed by atoms with Crippen molar-refractivity contribution < 1.29 is 9.90 Å². The van der Waals surface area contributed by atoms with Crippen LogP contribution in [-0.2, 0) is 0 Å². The van der Waals surface area contributed by atoms with Gasteiger partial charge in [0.2, 0.25) is 0 Å². The lowest BCUT2D eigenvalue weighted by Gasteiger charge is -2.00. The van der Waals surface area contributed by atoms with Crippen molar-refractivity contribution in [2.45, 2.75) is 6.92 Å². The first-order valence-electron chi connectivity index (χ1n) is 5.60. The van der Waals surface area contributed by atoms with Gasteiger partial charge in [-0.25, -0.2) is 9.78 Å². The van der Waals surface area contributed by atoms with Gasteiger partial charge in [-0.1, -0.05) is 42.5 Å². The molecule has 90 valence electrons. The number of carboxylic acids is 1. The fourth-order valence-corrected chi connectivity index (χ4v) is 1.66. The summed E-state index contributed by atoms with van der Waals surface area (Å²) in [5.41, 5.74) is 2.68. The number of pyridine rings is 1. The number of hydrogen-bond acceptors (Lipinski definition) is 2. The first kappa shape index (κ1) is 12.0. The molecule has 0 fully saturated rings. The quantitative estimate of drug-likeness (QED) is 0.894. The van der Waals surface area contributed by atoms with Crippen molar-refractivity contribution >= 4 is 18.1 Å². The Morgan fingerprint density at radius 1 is 1.11 bits per heavy atom. The standard InChI is InChI=1S/C15H13NO2/c1-11-9-13(10-14(16-11)15(17)18)8-7-12-5-3-2-4-6-12/h2-10H,1H3,(H,17,18). The number of aromatic carboxylic acids is 1. The molecular weight excluding hydrogens is 226 g/mol. The second-order valence-electron chi connectivity index (χ2n) is 3.98. The van der Waals surface area contributed by atoms with Gasteiger partial charge in [0.15, 0.2) is 0 Å². The molecule has 3 nitrogen and oxygen atoms in total. The van der Waals surface area contributed by atoms with Crippen LogP contribution in [0.2, 0.25) is 0 Å². The smallest absolute Gasteiger partial charge is 0.354 e. The molecule has 2 rings (SSSR count). The summed E-state index contributed by atoms with van der Waals surface area (Å²) in [7, 11) is 0. The number of hydrogen-bond donors (Lipinski definition) is 1. The Balaban J connectivity index is 2.29. The van der Waals surface area contributed by atoms with Crippen LogP contribution in [0.3, 0.4) is 0 Å². The van der Waals surface area contributed by atoms with Crippen LogP contribution in [0.15, 0.2) is 42.5 Å². The third-order valence-corrected chi connectivity index (χ3v) is 2.46. The van der Waals surface area contributed by atoms with Crippen LogP contribution in [0.5, 0.6) is 0 Å². The highest BCUT2D eigenvalue weighted by Crippen LogP contribution is 2.11. The number of benzene rings is 1. The van der Waals surface area contributed by atoms with Crippen LogP contribution in [0, 0.1) is 6.92 Å². The SMILES string of the molecule is Cc1cc(C=Cc2ccccc2)cc(C(=O)O)n1. The molecule has 0 aliphatic rings. The monoisotopic (exact) mass is 239 g/mol. The molecular formula is C15H13NO2. The van der Waals surface area contributed by atoms with Crippen molar-refractivity contribution in [2.24, 2.45) is 0 Å². The highest BCUT2D eigenvalue weighted by molar-refractivity contribution is 5.86. The van der Waals surface area contributed by atoms with Crippen molar-refractivity contribution in [3.05, 3.63) is 65.0 Å². The zero-order valence-electron chi connectivity index (χ0n) is 10.00. The summed E-state index contributed by atoms with van der Waals surface area (Å²) in [4.78, 5) is 14.8. The van der Waals surface area contributed by atoms with Crippen molar-refractivity contribution in [3.63, 3.8) is 0 Å². The van der Waals surface area contributed by atoms with Crippen LogP contribution >= 0.6 is 0 Å². The molecule has 0 atom stereocenters. The van der Waals surface area contributed by atoms with Gasteiger partial charge >= 0.3 is 5.97 Å². The third kappa shape index (κ3) is 3.04. The Bertz CT molecular complexity index is 589. The van der Waals surface area contributed by atoms with E-state index in [1.807, 2.05) is 48.6 Å². The maximum atomic E-state index is 10.9. The minimum Gasteiger partial charge on any atom is -0.477 e. The number of carboxylic acid groups (broad SMARTS) is 1. The molecule has 0 aliphatic heterocycles. The van der Waals surface area contributed by atoms with E-state index in [1.165, 1.54) is 0 Å². The van der Waals surface area contributed by atoms with Crippen LogP contribution in [0.25, 0.3) is 12.2 Å². The van der Waals surface area contributed by atoms with Crippen LogP contribution < -0.4 is 0 Å². The molecule has 3 heteroatoms. The minimum atomic E-state index is -1.01. The summed E-state index contributed by atoms with van der Waals surface area (Å²) >= 11 is 0. The highest BCUT2D eigenvalue weighted by Gasteiger charge is 2.05. The van der Waals surface area contributed by atoms with Gasteiger partial charge in [0, 0.05) is 5.69 Å². The van der Waals surface area contributed by atoms with Crippen molar-refractivity contribution in [3.8, 4) is 0 Å². The molecule has 0 aliphatic carbocycles. The molecule has 0 spiro atoms. The molecule has 1 aromatic carbocycles. The molecule has 0 bridgehead atoms. The molecule has 18 heavy (non-hydrogen) atoms. The minimum absolute atomic E-state index is 0.0720. The lowest BCUT2D eigenvalue weighted by atomic mass is 10.1. The number of nitrogens with zero attached hydrogens (tertiary/aromatic N) is 1. The lowest BCUT2D eigenvalue weighted by Crippen LogP contribution is -2.01. The summed E-state index contributed by atoms with van der Waals surface area (Å²) in [5.74, 6) is -1.01. The Kier molecular flexibility index (Phi) is 3.53. The molecule has 0 unspecified atom stereocenters. The summed E-state index contributed by atoms with van der Waals surface area (Å²) in [5, 5.41) is 8.93. The summed E-state index contributed by atoms with van der Waals surface area (Å²) < 4.78 is 0. The van der Waals surface area contributed by atoms with Gasteiger partial charge in [0.25, 0.3) is 0 Å². The molecule has 1 heterocycles. The Labute approximate surface area is 105 Å². The van der Waals surface area contributed by atoms with Crippen LogP contribution in [-0.4, -0.2) is 16.1 Å². The zero-order valence-corrected chi connectivity index (χ0v) is 10.00. The van der Waals surface area contributed by atoms with Gasteiger partial charge in [0.05, 0.1) is 0 Å². The van der Waals surface area contributed by atoms with Crippen molar-refractivity contribution in [1.29, 1.82) is 0 Å². The van der Waals surface area contributed by atoms with Gasteiger partial charge in [0.1, 0.15) is 5.69 Å². The molecule has 1 aromatic heterocycles. The number of aromatic nitrogens is 1. The van der Waals surface area contributed by atoms with Crippen molar-refractivity contribution in [2.75, 3.05) is 0 Å². The summed E-state index contributed by atoms with van der Waals surface area (Å²) in [6, 6.07) is 13.3. The molecule has 0 radical (unpaired) electrons. The lowest BCUT2D eigenvalue weighted by molar-refractivity contribution is 0.0690. The van der Waals surface area contributed by atoms with E-state index >= 15 is 0 Å². The van der Waals surface area contributed by atoms with Gasteiger partial charge in [-0.15, -0.1) is 0 Å². The first-order chi connectivity index (χ1) is 8.65. The van der Waals surface area contributed by atoms with Gasteiger partial charge in [-0.2, -0.15) is 0 Å². The van der Waals surface area contributed by atoms with Crippen LogP contribution in [0.1, 0.15) is 27.3 Å². The molecule has 0 saturated heterocycles. The number of carbonyl (C=O) groups is 1.